The van der Waals surface area contributed by atoms with Gasteiger partial charge in [-0.1, -0.05) is 59.3 Å². The highest BCUT2D eigenvalue weighted by molar-refractivity contribution is 5.76. The topological polar surface area (TPSA) is 88.3 Å². The number of alkyl halides is 3. The predicted octanol–water partition coefficient (Wildman–Crippen LogP) is 4.40. The van der Waals surface area contributed by atoms with E-state index in [2.05, 4.69) is 20.0 Å². The fourth-order valence-corrected chi connectivity index (χ4v) is 4.15. The average Bonchev–Trinajstić information content (AvgIpc) is 3.42. The third-order valence-corrected chi connectivity index (χ3v) is 6.29. The van der Waals surface area contributed by atoms with Gasteiger partial charge in [-0.15, -0.1) is 0 Å². The van der Waals surface area contributed by atoms with Crippen molar-refractivity contribution in [1.82, 2.24) is 10.1 Å². The average molecular weight is 482 g/mol. The molecule has 0 aliphatic heterocycles. The second-order valence-corrected chi connectivity index (χ2v) is 8.93. The molecule has 0 spiro atoms. The highest BCUT2D eigenvalue weighted by Crippen LogP contribution is 2.49. The van der Waals surface area contributed by atoms with Crippen LogP contribution in [0.2, 0.25) is 0 Å². The Kier molecular flexibility index (Phi) is 5.26. The molecule has 0 saturated heterocycles. The first kappa shape index (κ1) is 22.8. The zero-order chi connectivity index (χ0) is 25.0. The van der Waals surface area contributed by atoms with E-state index < -0.39 is 22.9 Å². The SMILES string of the molecule is Cc1ccc(C2(Nc3c(N(C)Cc4ccc(-c5noc(C(F)(F)F)n5)cc4)c(=O)c3=O)CC2)cc1. The zero-order valence-electron chi connectivity index (χ0n) is 18.9. The minimum absolute atomic E-state index is 0.169. The van der Waals surface area contributed by atoms with E-state index >= 15 is 0 Å². The lowest BCUT2D eigenvalue weighted by atomic mass is 10.0. The largest absolute Gasteiger partial charge is 0.471 e. The third kappa shape index (κ3) is 4.20. The van der Waals surface area contributed by atoms with Crippen molar-refractivity contribution in [2.75, 3.05) is 17.3 Å². The Hall–Kier alpha value is -3.95. The molecular weight excluding hydrogens is 461 g/mol. The van der Waals surface area contributed by atoms with Gasteiger partial charge in [0.05, 0.1) is 5.54 Å². The van der Waals surface area contributed by atoms with Gasteiger partial charge in [-0.25, -0.2) is 0 Å². The van der Waals surface area contributed by atoms with E-state index in [0.717, 1.165) is 29.5 Å². The molecule has 180 valence electrons. The van der Waals surface area contributed by atoms with Crippen LogP contribution in [0.3, 0.4) is 0 Å². The molecule has 1 fully saturated rings. The van der Waals surface area contributed by atoms with Gasteiger partial charge in [-0.3, -0.25) is 9.59 Å². The van der Waals surface area contributed by atoms with Crippen molar-refractivity contribution in [2.45, 2.75) is 38.0 Å². The molecule has 35 heavy (non-hydrogen) atoms. The van der Waals surface area contributed by atoms with Gasteiger partial charge >= 0.3 is 12.1 Å². The van der Waals surface area contributed by atoms with Crippen LogP contribution in [0.1, 0.15) is 35.4 Å². The lowest BCUT2D eigenvalue weighted by molar-refractivity contribution is -0.159. The van der Waals surface area contributed by atoms with Crippen LogP contribution in [0.4, 0.5) is 24.5 Å². The molecule has 1 saturated carbocycles. The molecule has 1 heterocycles. The van der Waals surface area contributed by atoms with Crippen LogP contribution >= 0.6 is 0 Å². The maximum Gasteiger partial charge on any atom is 0.471 e. The normalized spacial score (nSPS) is 14.8. The second kappa shape index (κ2) is 8.07. The molecule has 10 heteroatoms. The molecule has 3 aromatic carbocycles. The number of hydrogen-bond donors (Lipinski definition) is 1. The molecule has 0 unspecified atom stereocenters. The maximum absolute atomic E-state index is 12.7. The molecule has 0 bridgehead atoms. The van der Waals surface area contributed by atoms with Gasteiger partial charge in [-0.05, 0) is 30.9 Å². The Morgan fingerprint density at radius 3 is 2.26 bits per heavy atom. The summed E-state index contributed by atoms with van der Waals surface area (Å²) in [6, 6.07) is 14.7. The Morgan fingerprint density at radius 1 is 1.03 bits per heavy atom. The Morgan fingerprint density at radius 2 is 1.69 bits per heavy atom. The van der Waals surface area contributed by atoms with E-state index in [9.17, 15) is 22.8 Å². The van der Waals surface area contributed by atoms with E-state index in [4.69, 9.17) is 0 Å². The molecule has 1 aromatic heterocycles. The van der Waals surface area contributed by atoms with Gasteiger partial charge in [0.25, 0.3) is 10.9 Å². The van der Waals surface area contributed by atoms with Crippen LogP contribution in [0.25, 0.3) is 11.4 Å². The highest BCUT2D eigenvalue weighted by atomic mass is 19.4. The number of benzene rings is 2. The fourth-order valence-electron chi connectivity index (χ4n) is 4.15. The molecule has 4 aromatic rings. The maximum atomic E-state index is 12.7. The summed E-state index contributed by atoms with van der Waals surface area (Å²) in [4.78, 5) is 29.9. The van der Waals surface area contributed by atoms with Crippen molar-refractivity contribution >= 4 is 11.4 Å². The van der Waals surface area contributed by atoms with Gasteiger partial charge in [0, 0.05) is 19.2 Å². The number of nitrogens with one attached hydrogen (secondary N) is 1. The minimum Gasteiger partial charge on any atom is -0.370 e. The first-order chi connectivity index (χ1) is 16.6. The molecule has 0 radical (unpaired) electrons. The Labute approximate surface area is 197 Å². The number of aryl methyl sites for hydroxylation is 1. The zero-order valence-corrected chi connectivity index (χ0v) is 18.9. The molecular formula is C25H21F3N4O3. The van der Waals surface area contributed by atoms with Crippen LogP contribution in [-0.2, 0) is 18.3 Å². The van der Waals surface area contributed by atoms with E-state index in [1.807, 2.05) is 31.2 Å². The van der Waals surface area contributed by atoms with Crippen molar-refractivity contribution in [3.8, 4) is 11.4 Å². The molecule has 1 N–H and O–H groups in total. The summed E-state index contributed by atoms with van der Waals surface area (Å²) in [7, 11) is 1.72. The van der Waals surface area contributed by atoms with Gasteiger partial charge in [-0.2, -0.15) is 18.2 Å². The van der Waals surface area contributed by atoms with Crippen LogP contribution in [0.5, 0.6) is 0 Å². The van der Waals surface area contributed by atoms with Crippen molar-refractivity contribution in [1.29, 1.82) is 0 Å². The van der Waals surface area contributed by atoms with E-state index in [1.165, 1.54) is 0 Å². The van der Waals surface area contributed by atoms with Gasteiger partial charge < -0.3 is 14.7 Å². The third-order valence-electron chi connectivity index (χ3n) is 6.29. The van der Waals surface area contributed by atoms with Crippen molar-refractivity contribution in [3.63, 3.8) is 0 Å². The van der Waals surface area contributed by atoms with Crippen LogP contribution in [0.15, 0.2) is 62.6 Å². The molecule has 1 aliphatic rings. The molecule has 1 aliphatic carbocycles. The first-order valence-electron chi connectivity index (χ1n) is 11.0. The summed E-state index contributed by atoms with van der Waals surface area (Å²) >= 11 is 0. The molecule has 0 atom stereocenters. The number of hydrogen-bond acceptors (Lipinski definition) is 7. The smallest absolute Gasteiger partial charge is 0.370 e. The highest BCUT2D eigenvalue weighted by Gasteiger charge is 2.46. The van der Waals surface area contributed by atoms with Gasteiger partial charge in [0.15, 0.2) is 0 Å². The summed E-state index contributed by atoms with van der Waals surface area (Å²) in [5, 5.41) is 6.71. The Balaban J connectivity index is 1.31. The van der Waals surface area contributed by atoms with E-state index in [1.54, 1.807) is 36.2 Å². The first-order valence-corrected chi connectivity index (χ1v) is 11.0. The predicted molar refractivity (Wildman–Crippen MR) is 124 cm³/mol. The summed E-state index contributed by atoms with van der Waals surface area (Å²) in [5.74, 6) is -1.58. The van der Waals surface area contributed by atoms with Crippen LogP contribution in [-0.4, -0.2) is 17.2 Å². The monoisotopic (exact) mass is 482 g/mol. The van der Waals surface area contributed by atoms with Crippen LogP contribution < -0.4 is 21.1 Å². The number of anilines is 2. The second-order valence-electron chi connectivity index (χ2n) is 8.93. The van der Waals surface area contributed by atoms with Gasteiger partial charge in [0.1, 0.15) is 11.4 Å². The lowest BCUT2D eigenvalue weighted by Crippen LogP contribution is -2.42. The summed E-state index contributed by atoms with van der Waals surface area (Å²) in [6.45, 7) is 2.33. The van der Waals surface area contributed by atoms with Crippen molar-refractivity contribution < 1.29 is 17.7 Å². The van der Waals surface area contributed by atoms with E-state index in [-0.39, 0.29) is 11.4 Å². The number of rotatable bonds is 7. The van der Waals surface area contributed by atoms with Crippen molar-refractivity contribution in [2.24, 2.45) is 0 Å². The van der Waals surface area contributed by atoms with Crippen LogP contribution in [0, 0.1) is 6.92 Å². The minimum atomic E-state index is -4.71. The molecule has 7 nitrogen and oxygen atoms in total. The summed E-state index contributed by atoms with van der Waals surface area (Å²) in [6.07, 6.45) is -2.98. The van der Waals surface area contributed by atoms with Crippen molar-refractivity contribution in [3.05, 3.63) is 91.6 Å². The molecule has 0 amide bonds. The Bertz CT molecular complexity index is 1450. The molecule has 5 rings (SSSR count). The fraction of sp³-hybridized carbons (Fsp3) is 0.280. The lowest BCUT2D eigenvalue weighted by Gasteiger charge is -2.27. The number of nitrogens with zero attached hydrogens (tertiary/aromatic N) is 3. The number of halogens is 3. The number of aromatic nitrogens is 2. The standard InChI is InChI=1S/C25H21F3N4O3/c1-14-3-9-17(10-4-14)24(11-12-24)30-18-19(21(34)20(18)33)32(2)13-15-5-7-16(8-6-15)22-29-23(35-31-22)25(26,27)28/h3-10,30H,11-13H2,1-2H3. The summed E-state index contributed by atoms with van der Waals surface area (Å²) in [5.41, 5.74) is 2.60. The van der Waals surface area contributed by atoms with Gasteiger partial charge in [0.2, 0.25) is 5.82 Å². The van der Waals surface area contributed by atoms with E-state index in [0.29, 0.717) is 23.5 Å². The summed E-state index contributed by atoms with van der Waals surface area (Å²) < 4.78 is 42.3. The quantitative estimate of drug-likeness (QED) is 0.391.